The van der Waals surface area contributed by atoms with E-state index in [1.54, 1.807) is 12.1 Å². The Morgan fingerprint density at radius 3 is 2.52 bits per heavy atom. The monoisotopic (exact) mass is 365 g/mol. The Morgan fingerprint density at radius 1 is 1.20 bits per heavy atom. The number of likely N-dealkylation sites (tertiary alicyclic amines) is 1. The summed E-state index contributed by atoms with van der Waals surface area (Å²) in [6, 6.07) is 4.14. The molecule has 6 heteroatoms. The highest BCUT2D eigenvalue weighted by Gasteiger charge is 2.27. The molecule has 2 fully saturated rings. The normalized spacial score (nSPS) is 20.4. The van der Waals surface area contributed by atoms with E-state index in [1.807, 2.05) is 0 Å². The summed E-state index contributed by atoms with van der Waals surface area (Å²) in [6.45, 7) is 2.13. The maximum Gasteiger partial charge on any atom is 0.255 e. The van der Waals surface area contributed by atoms with E-state index in [9.17, 15) is 4.79 Å². The van der Waals surface area contributed by atoms with Crippen LogP contribution in [0.1, 0.15) is 55.3 Å². The van der Waals surface area contributed by atoms with Gasteiger partial charge in [-0.05, 0) is 31.7 Å². The number of amides is 1. The molecule has 0 radical (unpaired) electrons. The lowest BCUT2D eigenvalue weighted by Crippen LogP contribution is -2.48. The van der Waals surface area contributed by atoms with E-state index in [0.717, 1.165) is 32.0 Å². The maximum atomic E-state index is 12.6. The molecule has 1 amide bonds. The minimum Gasteiger partial charge on any atom is -0.496 e. The van der Waals surface area contributed by atoms with Crippen LogP contribution in [0.3, 0.4) is 0 Å². The van der Waals surface area contributed by atoms with Crippen molar-refractivity contribution in [1.82, 2.24) is 10.2 Å². The first-order chi connectivity index (χ1) is 12.1. The van der Waals surface area contributed by atoms with Gasteiger partial charge in [0.05, 0.1) is 23.4 Å². The van der Waals surface area contributed by atoms with Crippen molar-refractivity contribution in [2.45, 2.75) is 57.0 Å². The van der Waals surface area contributed by atoms with Gasteiger partial charge in [-0.2, -0.15) is 0 Å². The zero-order valence-electron chi connectivity index (χ0n) is 14.9. The molecule has 1 aliphatic carbocycles. The molecule has 3 N–H and O–H groups in total. The fraction of sp³-hybridized carbons (Fsp3) is 0.632. The van der Waals surface area contributed by atoms with Gasteiger partial charge in [0.25, 0.3) is 5.91 Å². The van der Waals surface area contributed by atoms with Crippen molar-refractivity contribution in [2.75, 3.05) is 25.9 Å². The third kappa shape index (κ3) is 4.39. The molecule has 1 aromatic carbocycles. The highest BCUT2D eigenvalue weighted by Crippen LogP contribution is 2.29. The quantitative estimate of drug-likeness (QED) is 0.802. The molecule has 0 spiro atoms. The van der Waals surface area contributed by atoms with Crippen LogP contribution in [0.25, 0.3) is 0 Å². The molecule has 1 saturated carbocycles. The van der Waals surface area contributed by atoms with Gasteiger partial charge in [-0.25, -0.2) is 0 Å². The van der Waals surface area contributed by atoms with Crippen LogP contribution in [-0.4, -0.2) is 43.1 Å². The number of nitrogens with two attached hydrogens (primary N) is 1. The van der Waals surface area contributed by atoms with E-state index in [4.69, 9.17) is 22.1 Å². The molecule has 0 aromatic heterocycles. The Labute approximate surface area is 154 Å². The number of rotatable bonds is 4. The first-order valence-electron chi connectivity index (χ1n) is 9.26. The summed E-state index contributed by atoms with van der Waals surface area (Å²) < 4.78 is 5.28. The first-order valence-corrected chi connectivity index (χ1v) is 9.64. The van der Waals surface area contributed by atoms with E-state index >= 15 is 0 Å². The average Bonchev–Trinajstić information content (AvgIpc) is 2.65. The third-order valence-corrected chi connectivity index (χ3v) is 5.85. The lowest BCUT2D eigenvalue weighted by molar-refractivity contribution is 0.0863. The first kappa shape index (κ1) is 18.3. The van der Waals surface area contributed by atoms with Crippen molar-refractivity contribution >= 4 is 23.2 Å². The lowest BCUT2D eigenvalue weighted by atomic mass is 9.92. The number of benzene rings is 1. The second-order valence-corrected chi connectivity index (χ2v) is 7.56. The Morgan fingerprint density at radius 2 is 1.88 bits per heavy atom. The molecule has 1 aliphatic heterocycles. The number of methoxy groups -OCH3 is 1. The fourth-order valence-corrected chi connectivity index (χ4v) is 4.20. The van der Waals surface area contributed by atoms with Crippen molar-refractivity contribution in [3.8, 4) is 5.75 Å². The molecule has 3 rings (SSSR count). The van der Waals surface area contributed by atoms with Gasteiger partial charge in [0, 0.05) is 31.2 Å². The van der Waals surface area contributed by atoms with E-state index in [2.05, 4.69) is 10.2 Å². The van der Waals surface area contributed by atoms with E-state index < -0.39 is 0 Å². The smallest absolute Gasteiger partial charge is 0.255 e. The molecule has 25 heavy (non-hydrogen) atoms. The molecule has 1 aromatic rings. The number of nitrogen functional groups attached to an aromatic ring is 1. The molecule has 1 heterocycles. The minimum atomic E-state index is -0.144. The summed E-state index contributed by atoms with van der Waals surface area (Å²) in [4.78, 5) is 15.2. The number of hydrogen-bond donors (Lipinski definition) is 2. The lowest BCUT2D eigenvalue weighted by Gasteiger charge is -2.39. The van der Waals surface area contributed by atoms with Gasteiger partial charge in [-0.15, -0.1) is 0 Å². The number of nitrogens with zero attached hydrogens (tertiary/aromatic N) is 1. The highest BCUT2D eigenvalue weighted by molar-refractivity contribution is 6.33. The second kappa shape index (κ2) is 8.28. The van der Waals surface area contributed by atoms with Gasteiger partial charge in [0.1, 0.15) is 5.75 Å². The van der Waals surface area contributed by atoms with Crippen LogP contribution in [0.4, 0.5) is 5.69 Å². The van der Waals surface area contributed by atoms with Crippen LogP contribution in [-0.2, 0) is 0 Å². The van der Waals surface area contributed by atoms with Crippen LogP contribution in [0.2, 0.25) is 5.02 Å². The maximum absolute atomic E-state index is 12.6. The van der Waals surface area contributed by atoms with Gasteiger partial charge in [0.15, 0.2) is 0 Å². The second-order valence-electron chi connectivity index (χ2n) is 7.15. The number of hydrogen-bond acceptors (Lipinski definition) is 4. The predicted molar refractivity (Wildman–Crippen MR) is 101 cm³/mol. The van der Waals surface area contributed by atoms with Crippen molar-refractivity contribution in [1.29, 1.82) is 0 Å². The third-order valence-electron chi connectivity index (χ3n) is 5.52. The number of halogens is 1. The van der Waals surface area contributed by atoms with Gasteiger partial charge in [-0.3, -0.25) is 4.79 Å². The van der Waals surface area contributed by atoms with Crippen LogP contribution in [0, 0.1) is 0 Å². The number of piperidine rings is 1. The predicted octanol–water partition coefficient (Wildman–Crippen LogP) is 3.46. The van der Waals surface area contributed by atoms with Gasteiger partial charge < -0.3 is 20.7 Å². The van der Waals surface area contributed by atoms with Crippen molar-refractivity contribution in [3.63, 3.8) is 0 Å². The standard InChI is InChI=1S/C19H28ClN3O2/c1-25-18-12-17(21)16(20)11-15(18)19(24)22-13-7-9-23(10-8-13)14-5-3-2-4-6-14/h11-14H,2-10,21H2,1H3,(H,22,24). The van der Waals surface area contributed by atoms with Crippen molar-refractivity contribution in [2.24, 2.45) is 0 Å². The Balaban J connectivity index is 1.57. The molecular weight excluding hydrogens is 338 g/mol. The Kier molecular flexibility index (Phi) is 6.07. The zero-order valence-corrected chi connectivity index (χ0v) is 15.6. The van der Waals surface area contributed by atoms with Gasteiger partial charge in [0.2, 0.25) is 0 Å². The van der Waals surface area contributed by atoms with Crippen molar-refractivity contribution in [3.05, 3.63) is 22.7 Å². The minimum absolute atomic E-state index is 0.144. The van der Waals surface area contributed by atoms with Gasteiger partial charge in [-0.1, -0.05) is 30.9 Å². The zero-order chi connectivity index (χ0) is 17.8. The number of nitrogens with one attached hydrogen (secondary N) is 1. The van der Waals surface area contributed by atoms with Crippen LogP contribution < -0.4 is 15.8 Å². The number of anilines is 1. The highest BCUT2D eigenvalue weighted by atomic mass is 35.5. The summed E-state index contributed by atoms with van der Waals surface area (Å²) >= 11 is 6.07. The van der Waals surface area contributed by atoms with E-state index in [0.29, 0.717) is 22.0 Å². The molecule has 0 bridgehead atoms. The number of carbonyl (C=O) groups is 1. The van der Waals surface area contributed by atoms with Crippen LogP contribution in [0.15, 0.2) is 12.1 Å². The number of carbonyl (C=O) groups excluding carboxylic acids is 1. The summed E-state index contributed by atoms with van der Waals surface area (Å²) in [6.07, 6.45) is 8.75. The Hall–Kier alpha value is -1.46. The van der Waals surface area contributed by atoms with E-state index in [-0.39, 0.29) is 11.9 Å². The molecule has 2 aliphatic rings. The van der Waals surface area contributed by atoms with E-state index in [1.165, 1.54) is 39.2 Å². The molecule has 138 valence electrons. The summed E-state index contributed by atoms with van der Waals surface area (Å²) in [7, 11) is 1.53. The fourth-order valence-electron chi connectivity index (χ4n) is 4.03. The van der Waals surface area contributed by atoms with Gasteiger partial charge >= 0.3 is 0 Å². The topological polar surface area (TPSA) is 67.6 Å². The average molecular weight is 366 g/mol. The number of ether oxygens (including phenoxy) is 1. The molecule has 5 nitrogen and oxygen atoms in total. The Bertz CT molecular complexity index is 609. The van der Waals surface area contributed by atoms with Crippen molar-refractivity contribution < 1.29 is 9.53 Å². The molecular formula is C19H28ClN3O2. The molecule has 0 unspecified atom stereocenters. The molecule has 0 atom stereocenters. The summed E-state index contributed by atoms with van der Waals surface area (Å²) in [5.74, 6) is 0.314. The summed E-state index contributed by atoms with van der Waals surface area (Å²) in [5.41, 5.74) is 6.64. The molecule has 1 saturated heterocycles. The largest absolute Gasteiger partial charge is 0.496 e. The van der Waals surface area contributed by atoms with Crippen LogP contribution in [0.5, 0.6) is 5.75 Å². The SMILES string of the molecule is COc1cc(N)c(Cl)cc1C(=O)NC1CCN(C2CCCCC2)CC1. The van der Waals surface area contributed by atoms with Crippen LogP contribution >= 0.6 is 11.6 Å². The summed E-state index contributed by atoms with van der Waals surface area (Å²) in [5, 5.41) is 3.51.